The summed E-state index contributed by atoms with van der Waals surface area (Å²) in [7, 11) is 0. The molecule has 0 bridgehead atoms. The number of alkyl halides is 1. The molecule has 0 spiro atoms. The molecular weight excluding hydrogens is 144 g/mol. The molecule has 0 amide bonds. The van der Waals surface area contributed by atoms with Crippen LogP contribution in [0.5, 0.6) is 0 Å². The maximum Gasteiger partial charge on any atom is 0.119 e. The zero-order valence-corrected chi connectivity index (χ0v) is 5.63. The normalized spacial score (nSPS) is 14.0. The highest BCUT2D eigenvalue weighted by Gasteiger charge is 2.01. The Balaban J connectivity index is 4.14. The van der Waals surface area contributed by atoms with Crippen molar-refractivity contribution in [2.24, 2.45) is 10.3 Å². The van der Waals surface area contributed by atoms with Crippen molar-refractivity contribution in [1.29, 1.82) is 0 Å². The van der Waals surface area contributed by atoms with E-state index in [9.17, 15) is 0 Å². The zero-order chi connectivity index (χ0) is 7.28. The van der Waals surface area contributed by atoms with Crippen LogP contribution in [0, 0.1) is 0 Å². The van der Waals surface area contributed by atoms with Crippen molar-refractivity contribution in [3.8, 4) is 0 Å². The van der Waals surface area contributed by atoms with Gasteiger partial charge in [-0.05, 0) is 6.92 Å². The number of hydrogen-bond acceptors (Lipinski definition) is 4. The average molecular weight is 151 g/mol. The lowest BCUT2D eigenvalue weighted by Crippen LogP contribution is -2.11. The first-order valence-corrected chi connectivity index (χ1v) is 2.75. The van der Waals surface area contributed by atoms with E-state index in [-0.39, 0.29) is 17.3 Å². The van der Waals surface area contributed by atoms with Gasteiger partial charge >= 0.3 is 0 Å². The number of rotatable bonds is 2. The molecule has 0 fully saturated rings. The van der Waals surface area contributed by atoms with Gasteiger partial charge in [-0.15, -0.1) is 11.6 Å². The number of nitrogens with zero attached hydrogens (tertiary/aromatic N) is 2. The summed E-state index contributed by atoms with van der Waals surface area (Å²) in [4.78, 5) is 0. The largest absolute Gasteiger partial charge is 0.411 e. The molecule has 5 heteroatoms. The van der Waals surface area contributed by atoms with Crippen LogP contribution in [0.2, 0.25) is 0 Å². The van der Waals surface area contributed by atoms with Crippen LogP contribution in [0.3, 0.4) is 0 Å². The fourth-order valence-electron chi connectivity index (χ4n) is 0.253. The molecule has 2 N–H and O–H groups in total. The Morgan fingerprint density at radius 2 is 2.00 bits per heavy atom. The Kier molecular flexibility index (Phi) is 3.79. The SMILES string of the molecule is CC(=N\O)/C(CCl)=N\O. The highest BCUT2D eigenvalue weighted by atomic mass is 35.5. The third-order valence-electron chi connectivity index (χ3n) is 0.815. The molecule has 0 aliphatic rings. The van der Waals surface area contributed by atoms with Crippen molar-refractivity contribution in [1.82, 2.24) is 0 Å². The average Bonchev–Trinajstić information content (AvgIpc) is 1.90. The molecule has 52 valence electrons. The number of halogens is 1. The van der Waals surface area contributed by atoms with Crippen molar-refractivity contribution in [2.45, 2.75) is 6.92 Å². The van der Waals surface area contributed by atoms with Gasteiger partial charge in [0, 0.05) is 0 Å². The van der Waals surface area contributed by atoms with E-state index < -0.39 is 0 Å². The van der Waals surface area contributed by atoms with E-state index in [0.717, 1.165) is 0 Å². The molecule has 0 aromatic carbocycles. The van der Waals surface area contributed by atoms with Gasteiger partial charge in [0.15, 0.2) is 0 Å². The maximum absolute atomic E-state index is 8.14. The van der Waals surface area contributed by atoms with Gasteiger partial charge in [0.05, 0.1) is 5.88 Å². The van der Waals surface area contributed by atoms with Crippen LogP contribution >= 0.6 is 11.6 Å². The van der Waals surface area contributed by atoms with E-state index in [1.165, 1.54) is 6.92 Å². The third kappa shape index (κ3) is 2.32. The fourth-order valence-corrected chi connectivity index (χ4v) is 0.500. The molecule has 0 aliphatic heterocycles. The molecule has 0 aromatic rings. The van der Waals surface area contributed by atoms with Crippen molar-refractivity contribution in [3.63, 3.8) is 0 Å². The fraction of sp³-hybridized carbons (Fsp3) is 0.500. The monoisotopic (exact) mass is 150 g/mol. The van der Waals surface area contributed by atoms with E-state index in [1.54, 1.807) is 0 Å². The predicted octanol–water partition coefficient (Wildman–Crippen LogP) is 0.905. The predicted molar refractivity (Wildman–Crippen MR) is 34.8 cm³/mol. The number of oxime groups is 2. The van der Waals surface area contributed by atoms with Crippen molar-refractivity contribution < 1.29 is 10.4 Å². The second-order valence-corrected chi connectivity index (χ2v) is 1.63. The molecule has 0 aromatic heterocycles. The smallest absolute Gasteiger partial charge is 0.119 e. The second kappa shape index (κ2) is 4.14. The van der Waals surface area contributed by atoms with Crippen molar-refractivity contribution >= 4 is 23.0 Å². The molecule has 0 saturated carbocycles. The molecule has 0 aliphatic carbocycles. The summed E-state index contributed by atoms with van der Waals surface area (Å²) in [5.74, 6) is 0.0341. The standard InChI is InChI=1S/C4H7ClN2O2/c1-3(6-8)4(2-5)7-9/h8-9H,2H2,1H3/b6-3+,7-4-. The van der Waals surface area contributed by atoms with Crippen molar-refractivity contribution in [3.05, 3.63) is 0 Å². The van der Waals surface area contributed by atoms with Gasteiger partial charge in [-0.25, -0.2) is 0 Å². The van der Waals surface area contributed by atoms with Gasteiger partial charge in [0.1, 0.15) is 11.4 Å². The molecule has 9 heavy (non-hydrogen) atoms. The first-order valence-electron chi connectivity index (χ1n) is 2.22. The van der Waals surface area contributed by atoms with Gasteiger partial charge < -0.3 is 10.4 Å². The van der Waals surface area contributed by atoms with E-state index >= 15 is 0 Å². The zero-order valence-electron chi connectivity index (χ0n) is 4.87. The quantitative estimate of drug-likeness (QED) is 0.266. The minimum Gasteiger partial charge on any atom is -0.411 e. The second-order valence-electron chi connectivity index (χ2n) is 1.37. The maximum atomic E-state index is 8.14. The van der Waals surface area contributed by atoms with Gasteiger partial charge in [-0.1, -0.05) is 10.3 Å². The molecule has 0 rings (SSSR count). The van der Waals surface area contributed by atoms with Crippen LogP contribution < -0.4 is 0 Å². The third-order valence-corrected chi connectivity index (χ3v) is 1.07. The highest BCUT2D eigenvalue weighted by molar-refractivity contribution is 6.50. The summed E-state index contributed by atoms with van der Waals surface area (Å²) < 4.78 is 0. The Bertz CT molecular complexity index is 144. The van der Waals surface area contributed by atoms with Crippen LogP contribution in [0.25, 0.3) is 0 Å². The summed E-state index contributed by atoms with van der Waals surface area (Å²) in [6, 6.07) is 0. The topological polar surface area (TPSA) is 65.2 Å². The Labute approximate surface area is 57.4 Å². The van der Waals surface area contributed by atoms with E-state index in [0.29, 0.717) is 0 Å². The van der Waals surface area contributed by atoms with Crippen LogP contribution in [0.4, 0.5) is 0 Å². The van der Waals surface area contributed by atoms with Crippen LogP contribution in [-0.4, -0.2) is 27.7 Å². The lowest BCUT2D eigenvalue weighted by atomic mass is 10.3. The molecular formula is C4H7ClN2O2. The van der Waals surface area contributed by atoms with Crippen LogP contribution in [-0.2, 0) is 0 Å². The molecule has 0 atom stereocenters. The lowest BCUT2D eigenvalue weighted by Gasteiger charge is -1.93. The van der Waals surface area contributed by atoms with Gasteiger partial charge in [0.2, 0.25) is 0 Å². The van der Waals surface area contributed by atoms with Gasteiger partial charge in [0.25, 0.3) is 0 Å². The summed E-state index contributed by atoms with van der Waals surface area (Å²) in [5.41, 5.74) is 0.381. The first-order chi connectivity index (χ1) is 4.26. The minimum atomic E-state index is 0.0341. The van der Waals surface area contributed by atoms with Gasteiger partial charge in [-0.2, -0.15) is 0 Å². The molecule has 0 unspecified atom stereocenters. The Morgan fingerprint density at radius 1 is 1.44 bits per heavy atom. The minimum absolute atomic E-state index is 0.0341. The highest BCUT2D eigenvalue weighted by Crippen LogP contribution is 1.86. The van der Waals surface area contributed by atoms with Crippen LogP contribution in [0.15, 0.2) is 10.3 Å². The lowest BCUT2D eigenvalue weighted by molar-refractivity contribution is 0.314. The van der Waals surface area contributed by atoms with Crippen molar-refractivity contribution in [2.75, 3.05) is 5.88 Å². The molecule has 0 saturated heterocycles. The van der Waals surface area contributed by atoms with E-state index in [1.807, 2.05) is 0 Å². The van der Waals surface area contributed by atoms with Crippen LogP contribution in [0.1, 0.15) is 6.92 Å². The summed E-state index contributed by atoms with van der Waals surface area (Å²) in [6.45, 7) is 1.48. The molecule has 0 heterocycles. The summed E-state index contributed by atoms with van der Waals surface area (Å²) in [6.07, 6.45) is 0. The summed E-state index contributed by atoms with van der Waals surface area (Å²) in [5, 5.41) is 21.8. The Morgan fingerprint density at radius 3 is 2.11 bits per heavy atom. The number of hydrogen-bond donors (Lipinski definition) is 2. The first kappa shape index (κ1) is 8.23. The Hall–Kier alpha value is -0.770. The molecule has 0 radical (unpaired) electrons. The van der Waals surface area contributed by atoms with Gasteiger partial charge in [-0.3, -0.25) is 0 Å². The van der Waals surface area contributed by atoms with E-state index in [2.05, 4.69) is 10.3 Å². The molecule has 4 nitrogen and oxygen atoms in total. The van der Waals surface area contributed by atoms with E-state index in [4.69, 9.17) is 22.0 Å². The summed E-state index contributed by atoms with van der Waals surface area (Å²) >= 11 is 5.26.